The molecular weight excluding hydrogens is 428 g/mol. The molecule has 5 rings (SSSR count). The number of hydrogen-bond acceptors (Lipinski definition) is 6. The molecule has 0 spiro atoms. The maximum atomic E-state index is 12.0. The van der Waals surface area contributed by atoms with Crippen LogP contribution in [0, 0.1) is 0 Å². The summed E-state index contributed by atoms with van der Waals surface area (Å²) in [6.45, 7) is 3.51. The molecule has 3 heterocycles. The third-order valence-electron chi connectivity index (χ3n) is 5.71. The van der Waals surface area contributed by atoms with E-state index in [0.717, 1.165) is 35.1 Å². The van der Waals surface area contributed by atoms with Crippen molar-refractivity contribution in [3.05, 3.63) is 53.6 Å². The highest BCUT2D eigenvalue weighted by Crippen LogP contribution is 2.30. The summed E-state index contributed by atoms with van der Waals surface area (Å²) in [7, 11) is 0. The fourth-order valence-corrected chi connectivity index (χ4v) is 4.30. The van der Waals surface area contributed by atoms with Crippen LogP contribution in [0.3, 0.4) is 0 Å². The third-order valence-corrected chi connectivity index (χ3v) is 5.95. The highest BCUT2D eigenvalue weighted by atomic mass is 35.5. The number of anilines is 1. The first-order valence-electron chi connectivity index (χ1n) is 10.7. The predicted octanol–water partition coefficient (Wildman–Crippen LogP) is 4.63. The van der Waals surface area contributed by atoms with Gasteiger partial charge in [-0.05, 0) is 44.0 Å². The minimum Gasteiger partial charge on any atom is -0.450 e. The highest BCUT2D eigenvalue weighted by molar-refractivity contribution is 6.30. The quantitative estimate of drug-likeness (QED) is 0.488. The molecule has 0 radical (unpaired) electrons. The number of nitrogens with one attached hydrogen (secondary N) is 1. The monoisotopic (exact) mass is 450 g/mol. The number of halogens is 1. The first-order valence-corrected chi connectivity index (χ1v) is 11.1. The Kier molecular flexibility index (Phi) is 5.53. The van der Waals surface area contributed by atoms with Gasteiger partial charge in [-0.15, -0.1) is 5.10 Å². The minimum absolute atomic E-state index is 0.199. The van der Waals surface area contributed by atoms with Crippen LogP contribution >= 0.6 is 11.6 Å². The first-order chi connectivity index (χ1) is 15.6. The van der Waals surface area contributed by atoms with E-state index in [1.165, 1.54) is 0 Å². The van der Waals surface area contributed by atoms with Gasteiger partial charge in [-0.3, -0.25) is 0 Å². The molecule has 32 heavy (non-hydrogen) atoms. The number of carbonyl (C=O) groups excluding carboxylic acids is 1. The number of piperidine rings is 1. The van der Waals surface area contributed by atoms with E-state index in [9.17, 15) is 4.79 Å². The number of likely N-dealkylation sites (tertiary alicyclic amines) is 1. The molecule has 4 aromatic rings. The van der Waals surface area contributed by atoms with Gasteiger partial charge in [0.1, 0.15) is 11.5 Å². The number of hydrogen-bond donors (Lipinski definition) is 1. The van der Waals surface area contributed by atoms with E-state index in [1.807, 2.05) is 55.5 Å². The molecule has 0 atom stereocenters. The average Bonchev–Trinajstić information content (AvgIpc) is 3.24. The van der Waals surface area contributed by atoms with E-state index in [4.69, 9.17) is 21.3 Å². The van der Waals surface area contributed by atoms with Crippen molar-refractivity contribution >= 4 is 40.1 Å². The summed E-state index contributed by atoms with van der Waals surface area (Å²) in [6.07, 6.45) is 1.39. The molecule has 1 aliphatic rings. The number of carbonyl (C=O) groups is 1. The van der Waals surface area contributed by atoms with E-state index in [-0.39, 0.29) is 12.1 Å². The van der Waals surface area contributed by atoms with Crippen LogP contribution in [0.5, 0.6) is 0 Å². The topological polar surface area (TPSA) is 84.6 Å². The molecule has 1 saturated heterocycles. The largest absolute Gasteiger partial charge is 0.450 e. The lowest BCUT2D eigenvalue weighted by Gasteiger charge is -2.32. The Morgan fingerprint density at radius 1 is 1.19 bits per heavy atom. The Labute approximate surface area is 190 Å². The molecule has 1 N–H and O–H groups in total. The Balaban J connectivity index is 1.49. The SMILES string of the molecule is CCOC(=O)N1CCC(Nc2nc3c(-c4cccc(Cl)c4)nnn3c3ccccc23)CC1. The van der Waals surface area contributed by atoms with Crippen molar-refractivity contribution in [2.75, 3.05) is 25.0 Å². The molecule has 0 saturated carbocycles. The van der Waals surface area contributed by atoms with E-state index in [2.05, 4.69) is 15.6 Å². The van der Waals surface area contributed by atoms with Crippen molar-refractivity contribution in [1.29, 1.82) is 0 Å². The fourth-order valence-electron chi connectivity index (χ4n) is 4.11. The van der Waals surface area contributed by atoms with Crippen LogP contribution in [0.25, 0.3) is 27.8 Å². The molecule has 8 nitrogen and oxygen atoms in total. The van der Waals surface area contributed by atoms with Crippen LogP contribution in [-0.2, 0) is 4.74 Å². The van der Waals surface area contributed by atoms with Gasteiger partial charge in [-0.1, -0.05) is 41.1 Å². The molecule has 2 aromatic heterocycles. The Hall–Kier alpha value is -3.39. The Morgan fingerprint density at radius 2 is 2.00 bits per heavy atom. The number of ether oxygens (including phenoxy) is 1. The summed E-state index contributed by atoms with van der Waals surface area (Å²) in [5, 5.41) is 14.0. The van der Waals surface area contributed by atoms with Gasteiger partial charge in [-0.2, -0.15) is 4.52 Å². The maximum Gasteiger partial charge on any atom is 0.409 e. The molecule has 1 aliphatic heterocycles. The summed E-state index contributed by atoms with van der Waals surface area (Å²) in [6, 6.07) is 15.7. The van der Waals surface area contributed by atoms with Gasteiger partial charge in [0.15, 0.2) is 5.65 Å². The number of fused-ring (bicyclic) bond motifs is 3. The lowest BCUT2D eigenvalue weighted by molar-refractivity contribution is 0.0983. The molecular formula is C23H23ClN6O2. The van der Waals surface area contributed by atoms with Crippen molar-refractivity contribution in [3.63, 3.8) is 0 Å². The molecule has 2 aromatic carbocycles. The predicted molar refractivity (Wildman–Crippen MR) is 124 cm³/mol. The van der Waals surface area contributed by atoms with Crippen LogP contribution in [0.2, 0.25) is 5.02 Å². The lowest BCUT2D eigenvalue weighted by atomic mass is 10.1. The number of benzene rings is 2. The number of amides is 1. The zero-order valence-corrected chi connectivity index (χ0v) is 18.4. The maximum absolute atomic E-state index is 12.0. The number of para-hydroxylation sites is 1. The summed E-state index contributed by atoms with van der Waals surface area (Å²) in [5.41, 5.74) is 3.13. The van der Waals surface area contributed by atoms with Crippen LogP contribution in [0.4, 0.5) is 10.6 Å². The van der Waals surface area contributed by atoms with Crippen molar-refractivity contribution in [1.82, 2.24) is 24.7 Å². The standard InChI is InChI=1S/C23H23ClN6O2/c1-2-32-23(31)29-12-10-17(11-13-29)25-21-18-8-3-4-9-19(18)30-22(26-21)20(27-28-30)15-6-5-7-16(24)14-15/h3-9,14,17H,2,10-13H2,1H3,(H,25,26). The van der Waals surface area contributed by atoms with Gasteiger partial charge in [0, 0.05) is 35.1 Å². The van der Waals surface area contributed by atoms with E-state index >= 15 is 0 Å². The van der Waals surface area contributed by atoms with Crippen molar-refractivity contribution in [2.24, 2.45) is 0 Å². The fraction of sp³-hybridized carbons (Fsp3) is 0.304. The summed E-state index contributed by atoms with van der Waals surface area (Å²) in [5.74, 6) is 0.785. The van der Waals surface area contributed by atoms with Gasteiger partial charge < -0.3 is 15.0 Å². The van der Waals surface area contributed by atoms with E-state index in [0.29, 0.717) is 36.1 Å². The van der Waals surface area contributed by atoms with Crippen LogP contribution in [0.1, 0.15) is 19.8 Å². The molecule has 1 amide bonds. The highest BCUT2D eigenvalue weighted by Gasteiger charge is 2.25. The molecule has 164 valence electrons. The second kappa shape index (κ2) is 8.63. The summed E-state index contributed by atoms with van der Waals surface area (Å²) in [4.78, 5) is 18.7. The first kappa shape index (κ1) is 20.5. The van der Waals surface area contributed by atoms with Crippen molar-refractivity contribution in [2.45, 2.75) is 25.8 Å². The van der Waals surface area contributed by atoms with Gasteiger partial charge in [0.05, 0.1) is 12.1 Å². The smallest absolute Gasteiger partial charge is 0.409 e. The zero-order chi connectivity index (χ0) is 22.1. The minimum atomic E-state index is -0.243. The lowest BCUT2D eigenvalue weighted by Crippen LogP contribution is -2.42. The Morgan fingerprint density at radius 3 is 2.78 bits per heavy atom. The molecule has 9 heteroatoms. The second-order valence-corrected chi connectivity index (χ2v) is 8.20. The summed E-state index contributed by atoms with van der Waals surface area (Å²) < 4.78 is 6.89. The van der Waals surface area contributed by atoms with Gasteiger partial charge >= 0.3 is 6.09 Å². The van der Waals surface area contributed by atoms with E-state index < -0.39 is 0 Å². The van der Waals surface area contributed by atoms with Crippen LogP contribution < -0.4 is 5.32 Å². The molecule has 0 aliphatic carbocycles. The number of rotatable bonds is 4. The van der Waals surface area contributed by atoms with Gasteiger partial charge in [0.2, 0.25) is 0 Å². The Bertz CT molecular complexity index is 1280. The molecule has 1 fully saturated rings. The molecule has 0 unspecified atom stereocenters. The van der Waals surface area contributed by atoms with Crippen LogP contribution in [0.15, 0.2) is 48.5 Å². The normalized spacial score (nSPS) is 14.8. The zero-order valence-electron chi connectivity index (χ0n) is 17.7. The third kappa shape index (κ3) is 3.82. The van der Waals surface area contributed by atoms with Crippen molar-refractivity contribution < 1.29 is 9.53 Å². The summed E-state index contributed by atoms with van der Waals surface area (Å²) >= 11 is 6.20. The molecule has 0 bridgehead atoms. The average molecular weight is 451 g/mol. The van der Waals surface area contributed by atoms with Gasteiger partial charge in [-0.25, -0.2) is 9.78 Å². The van der Waals surface area contributed by atoms with Crippen molar-refractivity contribution in [3.8, 4) is 11.3 Å². The van der Waals surface area contributed by atoms with Gasteiger partial charge in [0.25, 0.3) is 0 Å². The number of nitrogens with zero attached hydrogens (tertiary/aromatic N) is 5. The number of aromatic nitrogens is 4. The van der Waals surface area contributed by atoms with E-state index in [1.54, 1.807) is 9.42 Å². The second-order valence-electron chi connectivity index (χ2n) is 7.77. The van der Waals surface area contributed by atoms with Crippen LogP contribution in [-0.4, -0.2) is 56.5 Å².